The molecule has 1 unspecified atom stereocenters. The molecular formula is C17H14O4. The summed E-state index contributed by atoms with van der Waals surface area (Å²) >= 11 is 0. The van der Waals surface area contributed by atoms with E-state index in [1.54, 1.807) is 0 Å². The molecule has 3 rings (SSSR count). The zero-order valence-electron chi connectivity index (χ0n) is 11.2. The molecule has 2 aromatic rings. The Morgan fingerprint density at radius 3 is 2.38 bits per heavy atom. The maximum Gasteiger partial charge on any atom is 0.307 e. The van der Waals surface area contributed by atoms with Gasteiger partial charge in [0.25, 0.3) is 0 Å². The van der Waals surface area contributed by atoms with Gasteiger partial charge >= 0.3 is 11.9 Å². The molecule has 0 amide bonds. The first-order valence-corrected chi connectivity index (χ1v) is 6.72. The highest BCUT2D eigenvalue weighted by atomic mass is 16.4. The SMILES string of the molecule is O=C(O)CC1=Cc2cccc3cccc(c23)C1CC(=O)O. The first-order valence-electron chi connectivity index (χ1n) is 6.72. The zero-order valence-corrected chi connectivity index (χ0v) is 11.2. The molecule has 0 saturated carbocycles. The molecule has 0 bridgehead atoms. The van der Waals surface area contributed by atoms with Gasteiger partial charge in [-0.3, -0.25) is 9.59 Å². The molecule has 0 spiro atoms. The van der Waals surface area contributed by atoms with Crippen molar-refractivity contribution < 1.29 is 19.8 Å². The van der Waals surface area contributed by atoms with Gasteiger partial charge in [0, 0.05) is 5.92 Å². The summed E-state index contributed by atoms with van der Waals surface area (Å²) in [5.41, 5.74) is 2.52. The maximum absolute atomic E-state index is 11.2. The molecule has 0 heterocycles. The molecule has 0 fully saturated rings. The van der Waals surface area contributed by atoms with Crippen LogP contribution in [0.4, 0.5) is 0 Å². The van der Waals surface area contributed by atoms with Gasteiger partial charge in [0.1, 0.15) is 0 Å². The van der Waals surface area contributed by atoms with Crippen molar-refractivity contribution in [3.05, 3.63) is 53.1 Å². The first-order chi connectivity index (χ1) is 10.1. The molecular weight excluding hydrogens is 268 g/mol. The van der Waals surface area contributed by atoms with E-state index in [1.807, 2.05) is 42.5 Å². The molecule has 4 heteroatoms. The molecule has 1 atom stereocenters. The van der Waals surface area contributed by atoms with Gasteiger partial charge in [0.2, 0.25) is 0 Å². The predicted molar refractivity (Wildman–Crippen MR) is 79.2 cm³/mol. The first kappa shape index (κ1) is 13.4. The molecule has 4 nitrogen and oxygen atoms in total. The average molecular weight is 282 g/mol. The summed E-state index contributed by atoms with van der Waals surface area (Å²) in [5.74, 6) is -2.24. The third-order valence-electron chi connectivity index (χ3n) is 3.87. The maximum atomic E-state index is 11.2. The third kappa shape index (κ3) is 2.40. The number of aliphatic carboxylic acids is 2. The molecule has 21 heavy (non-hydrogen) atoms. The summed E-state index contributed by atoms with van der Waals surface area (Å²) in [5, 5.41) is 20.3. The average Bonchev–Trinajstić information content (AvgIpc) is 2.42. The highest BCUT2D eigenvalue weighted by Gasteiger charge is 2.27. The number of carboxylic acids is 2. The summed E-state index contributed by atoms with van der Waals surface area (Å²) in [7, 11) is 0. The Labute approximate surface area is 121 Å². The third-order valence-corrected chi connectivity index (χ3v) is 3.87. The Hall–Kier alpha value is -2.62. The van der Waals surface area contributed by atoms with E-state index < -0.39 is 11.9 Å². The van der Waals surface area contributed by atoms with Crippen LogP contribution < -0.4 is 0 Å². The van der Waals surface area contributed by atoms with Crippen LogP contribution in [0.3, 0.4) is 0 Å². The second-order valence-electron chi connectivity index (χ2n) is 5.23. The quantitative estimate of drug-likeness (QED) is 0.902. The van der Waals surface area contributed by atoms with Crippen LogP contribution >= 0.6 is 0 Å². The normalized spacial score (nSPS) is 16.6. The van der Waals surface area contributed by atoms with E-state index in [0.29, 0.717) is 5.57 Å². The molecule has 1 aliphatic rings. The molecule has 1 aliphatic carbocycles. The van der Waals surface area contributed by atoms with E-state index in [-0.39, 0.29) is 18.8 Å². The predicted octanol–water partition coefficient (Wildman–Crippen LogP) is 3.27. The zero-order chi connectivity index (χ0) is 15.0. The monoisotopic (exact) mass is 282 g/mol. The molecule has 0 radical (unpaired) electrons. The van der Waals surface area contributed by atoms with Crippen LogP contribution in [0, 0.1) is 0 Å². The molecule has 106 valence electrons. The number of hydrogen-bond acceptors (Lipinski definition) is 2. The van der Waals surface area contributed by atoms with Gasteiger partial charge in [-0.2, -0.15) is 0 Å². The van der Waals surface area contributed by atoms with E-state index in [1.165, 1.54) is 0 Å². The number of benzene rings is 2. The van der Waals surface area contributed by atoms with Gasteiger partial charge in [-0.1, -0.05) is 48.0 Å². The lowest BCUT2D eigenvalue weighted by atomic mass is 9.78. The van der Waals surface area contributed by atoms with Crippen LogP contribution in [0.2, 0.25) is 0 Å². The Morgan fingerprint density at radius 1 is 1.00 bits per heavy atom. The van der Waals surface area contributed by atoms with Crippen molar-refractivity contribution in [3.8, 4) is 0 Å². The van der Waals surface area contributed by atoms with Gasteiger partial charge in [-0.05, 0) is 21.9 Å². The van der Waals surface area contributed by atoms with Crippen molar-refractivity contribution in [2.45, 2.75) is 18.8 Å². The summed E-state index contributed by atoms with van der Waals surface area (Å²) < 4.78 is 0. The molecule has 0 saturated heterocycles. The summed E-state index contributed by atoms with van der Waals surface area (Å²) in [6.45, 7) is 0. The fourth-order valence-corrected chi connectivity index (χ4v) is 3.08. The second kappa shape index (κ2) is 5.05. The highest BCUT2D eigenvalue weighted by Crippen LogP contribution is 2.41. The van der Waals surface area contributed by atoms with Crippen molar-refractivity contribution in [2.24, 2.45) is 0 Å². The van der Waals surface area contributed by atoms with Crippen molar-refractivity contribution >= 4 is 28.8 Å². The Kier molecular flexibility index (Phi) is 3.22. The lowest BCUT2D eigenvalue weighted by Crippen LogP contribution is -2.15. The topological polar surface area (TPSA) is 74.6 Å². The van der Waals surface area contributed by atoms with Crippen LogP contribution in [-0.4, -0.2) is 22.2 Å². The summed E-state index contributed by atoms with van der Waals surface area (Å²) in [4.78, 5) is 22.2. The summed E-state index contributed by atoms with van der Waals surface area (Å²) in [6.07, 6.45) is 1.60. The van der Waals surface area contributed by atoms with Crippen molar-refractivity contribution in [1.82, 2.24) is 0 Å². The lowest BCUT2D eigenvalue weighted by molar-refractivity contribution is -0.138. The minimum absolute atomic E-state index is 0.0907. The Balaban J connectivity index is 2.22. The van der Waals surface area contributed by atoms with Crippen LogP contribution in [0.1, 0.15) is 29.9 Å². The molecule has 0 aromatic heterocycles. The largest absolute Gasteiger partial charge is 0.481 e. The minimum atomic E-state index is -0.941. The minimum Gasteiger partial charge on any atom is -0.481 e. The van der Waals surface area contributed by atoms with E-state index >= 15 is 0 Å². The fraction of sp³-hybridized carbons (Fsp3) is 0.176. The van der Waals surface area contributed by atoms with Crippen molar-refractivity contribution in [2.75, 3.05) is 0 Å². The van der Waals surface area contributed by atoms with Crippen LogP contribution in [0.15, 0.2) is 42.0 Å². The van der Waals surface area contributed by atoms with E-state index in [4.69, 9.17) is 10.2 Å². The number of rotatable bonds is 4. The number of carbonyl (C=O) groups is 2. The smallest absolute Gasteiger partial charge is 0.307 e. The van der Waals surface area contributed by atoms with Crippen LogP contribution in [0.5, 0.6) is 0 Å². The number of carboxylic acid groups (broad SMARTS) is 2. The Bertz CT molecular complexity index is 768. The van der Waals surface area contributed by atoms with Gasteiger partial charge in [0.15, 0.2) is 0 Å². The fourth-order valence-electron chi connectivity index (χ4n) is 3.08. The lowest BCUT2D eigenvalue weighted by Gasteiger charge is -2.25. The number of hydrogen-bond donors (Lipinski definition) is 2. The van der Waals surface area contributed by atoms with Crippen LogP contribution in [0.25, 0.3) is 16.8 Å². The molecule has 2 N–H and O–H groups in total. The standard InChI is InChI=1S/C17H14O4/c18-15(19)8-12-7-11-5-1-3-10-4-2-6-13(17(10)11)14(12)9-16(20)21/h1-7,14H,8-9H2,(H,18,19)(H,20,21). The van der Waals surface area contributed by atoms with E-state index in [0.717, 1.165) is 21.9 Å². The highest BCUT2D eigenvalue weighted by molar-refractivity contribution is 5.97. The van der Waals surface area contributed by atoms with E-state index in [9.17, 15) is 9.59 Å². The molecule has 2 aromatic carbocycles. The summed E-state index contributed by atoms with van der Waals surface area (Å²) in [6, 6.07) is 11.6. The van der Waals surface area contributed by atoms with Gasteiger partial charge < -0.3 is 10.2 Å². The van der Waals surface area contributed by atoms with Crippen molar-refractivity contribution in [3.63, 3.8) is 0 Å². The van der Waals surface area contributed by atoms with Gasteiger partial charge in [-0.25, -0.2) is 0 Å². The second-order valence-corrected chi connectivity index (χ2v) is 5.23. The Morgan fingerprint density at radius 2 is 1.71 bits per heavy atom. The van der Waals surface area contributed by atoms with Crippen LogP contribution in [-0.2, 0) is 9.59 Å². The molecule has 0 aliphatic heterocycles. The van der Waals surface area contributed by atoms with E-state index in [2.05, 4.69) is 0 Å². The van der Waals surface area contributed by atoms with Crippen molar-refractivity contribution in [1.29, 1.82) is 0 Å². The van der Waals surface area contributed by atoms with Gasteiger partial charge in [0.05, 0.1) is 12.8 Å². The van der Waals surface area contributed by atoms with Gasteiger partial charge in [-0.15, -0.1) is 0 Å².